The van der Waals surface area contributed by atoms with Crippen LogP contribution in [0.15, 0.2) is 61.1 Å². The number of hydrogen-bond acceptors (Lipinski definition) is 8. The molecule has 3 N–H and O–H groups in total. The summed E-state index contributed by atoms with van der Waals surface area (Å²) < 4.78 is 20.7. The summed E-state index contributed by atoms with van der Waals surface area (Å²) in [4.78, 5) is 36.8. The Labute approximate surface area is 264 Å². The first-order valence-corrected chi connectivity index (χ1v) is 15.3. The van der Waals surface area contributed by atoms with E-state index in [1.165, 1.54) is 25.0 Å². The van der Waals surface area contributed by atoms with Crippen molar-refractivity contribution in [1.29, 1.82) is 0 Å². The highest BCUT2D eigenvalue weighted by Crippen LogP contribution is 2.33. The molecule has 1 aromatic carbocycles. The number of likely N-dealkylation sites (tertiary alicyclic amines) is 1. The molecule has 0 saturated carbocycles. The Morgan fingerprint density at radius 3 is 2.63 bits per heavy atom. The summed E-state index contributed by atoms with van der Waals surface area (Å²) in [5.41, 5.74) is 5.68. The fourth-order valence-corrected chi connectivity index (χ4v) is 5.53. The van der Waals surface area contributed by atoms with Gasteiger partial charge >= 0.3 is 0 Å². The average molecular weight is 620 g/mol. The van der Waals surface area contributed by atoms with E-state index in [1.807, 2.05) is 45.0 Å². The van der Waals surface area contributed by atoms with Gasteiger partial charge in [-0.3, -0.25) is 24.8 Å². The molecule has 11 nitrogen and oxygen atoms in total. The summed E-state index contributed by atoms with van der Waals surface area (Å²) in [5, 5.41) is 10.5. The van der Waals surface area contributed by atoms with Crippen molar-refractivity contribution in [2.45, 2.75) is 33.6 Å². The van der Waals surface area contributed by atoms with Crippen LogP contribution in [-0.4, -0.2) is 72.2 Å². The molecule has 0 bridgehead atoms. The first kappa shape index (κ1) is 29.5. The zero-order chi connectivity index (χ0) is 31.8. The molecule has 46 heavy (non-hydrogen) atoms. The van der Waals surface area contributed by atoms with Gasteiger partial charge in [0.15, 0.2) is 11.5 Å². The highest BCUT2D eigenvalue weighted by molar-refractivity contribution is 5.96. The molecule has 0 radical (unpaired) electrons. The molecule has 0 unspecified atom stereocenters. The van der Waals surface area contributed by atoms with E-state index < -0.39 is 11.2 Å². The third-order valence-electron chi connectivity index (χ3n) is 8.03. The monoisotopic (exact) mass is 619 g/mol. The Morgan fingerprint density at radius 1 is 0.978 bits per heavy atom. The summed E-state index contributed by atoms with van der Waals surface area (Å²) in [6.07, 6.45) is 7.39. The van der Waals surface area contributed by atoms with Crippen LogP contribution in [0.1, 0.15) is 33.6 Å². The molecule has 6 heterocycles. The molecule has 1 fully saturated rings. The molecule has 1 amide bonds. The number of imidazole rings is 1. The fourth-order valence-electron chi connectivity index (χ4n) is 5.53. The molecule has 0 aliphatic carbocycles. The van der Waals surface area contributed by atoms with Gasteiger partial charge < -0.3 is 15.0 Å². The van der Waals surface area contributed by atoms with Gasteiger partial charge in [-0.15, -0.1) is 0 Å². The lowest BCUT2D eigenvalue weighted by atomic mass is 9.95. The molecule has 0 atom stereocenters. The predicted octanol–water partition coefficient (Wildman–Crippen LogP) is 6.22. The standard InChI is InChI=1S/C34H34FN9O2/c1-34(2,3)33(45)38-23-15-21(18-36-19-23)25-6-7-27-30(39-25)31(43-42-27)32-40-26-8-9-37-28(29(26)41-32)20-14-22(35)17-24(16-20)46-13-12-44-10-4-5-11-44/h6-9,14-19H,4-5,10-13H2,1-3H3,(H,38,45)(H,40,41)(H,42,43). The zero-order valence-electron chi connectivity index (χ0n) is 25.9. The van der Waals surface area contributed by atoms with Crippen molar-refractivity contribution in [1.82, 2.24) is 40.0 Å². The largest absolute Gasteiger partial charge is 0.492 e. The third kappa shape index (κ3) is 6.03. The number of aromatic nitrogens is 7. The highest BCUT2D eigenvalue weighted by atomic mass is 19.1. The number of anilines is 1. The number of pyridine rings is 3. The molecule has 234 valence electrons. The maximum absolute atomic E-state index is 14.8. The van der Waals surface area contributed by atoms with Crippen molar-refractivity contribution in [3.05, 3.63) is 66.9 Å². The van der Waals surface area contributed by atoms with Crippen molar-refractivity contribution in [3.8, 4) is 39.8 Å². The molecule has 6 aromatic rings. The number of rotatable bonds is 8. The Kier molecular flexibility index (Phi) is 7.65. The third-order valence-corrected chi connectivity index (χ3v) is 8.03. The fraction of sp³-hybridized carbons (Fsp3) is 0.294. The number of carbonyl (C=O) groups is 1. The van der Waals surface area contributed by atoms with Crippen molar-refractivity contribution in [2.24, 2.45) is 5.41 Å². The Bertz CT molecular complexity index is 2060. The van der Waals surface area contributed by atoms with Gasteiger partial charge in [-0.2, -0.15) is 5.10 Å². The zero-order valence-corrected chi connectivity index (χ0v) is 25.9. The average Bonchev–Trinajstić information content (AvgIpc) is 3.80. The van der Waals surface area contributed by atoms with Crippen molar-refractivity contribution in [3.63, 3.8) is 0 Å². The minimum atomic E-state index is -0.543. The molecular weight excluding hydrogens is 585 g/mol. The van der Waals surface area contributed by atoms with E-state index in [2.05, 4.69) is 35.4 Å². The number of aromatic amines is 2. The van der Waals surface area contributed by atoms with Crippen molar-refractivity contribution < 1.29 is 13.9 Å². The molecule has 0 spiro atoms. The van der Waals surface area contributed by atoms with Crippen molar-refractivity contribution in [2.75, 3.05) is 31.6 Å². The Balaban J connectivity index is 1.19. The number of carbonyl (C=O) groups excluding carboxylic acids is 1. The van der Waals surface area contributed by atoms with E-state index in [0.717, 1.165) is 36.2 Å². The summed E-state index contributed by atoms with van der Waals surface area (Å²) in [6, 6.07) is 12.0. The Hall–Kier alpha value is -5.23. The van der Waals surface area contributed by atoms with Crippen LogP contribution >= 0.6 is 0 Å². The second kappa shape index (κ2) is 11.9. The number of hydrogen-bond donors (Lipinski definition) is 3. The highest BCUT2D eigenvalue weighted by Gasteiger charge is 2.22. The van der Waals surface area contributed by atoms with Crippen molar-refractivity contribution >= 4 is 33.7 Å². The number of amides is 1. The maximum Gasteiger partial charge on any atom is 0.229 e. The summed E-state index contributed by atoms with van der Waals surface area (Å²) in [6.45, 7) is 9.02. The number of fused-ring (bicyclic) bond motifs is 2. The van der Waals surface area contributed by atoms with Crippen LogP contribution in [-0.2, 0) is 4.79 Å². The quantitative estimate of drug-likeness (QED) is 0.183. The molecule has 1 aliphatic heterocycles. The minimum absolute atomic E-state index is 0.106. The van der Waals surface area contributed by atoms with Gasteiger partial charge in [0.25, 0.3) is 0 Å². The molecule has 1 aliphatic rings. The van der Waals surface area contributed by atoms with Crippen LogP contribution in [0.2, 0.25) is 0 Å². The topological polar surface area (TPSA) is 138 Å². The predicted molar refractivity (Wildman–Crippen MR) is 175 cm³/mol. The lowest BCUT2D eigenvalue weighted by Gasteiger charge is -2.17. The van der Waals surface area contributed by atoms with Gasteiger partial charge in [0.2, 0.25) is 5.91 Å². The van der Waals surface area contributed by atoms with E-state index in [9.17, 15) is 9.18 Å². The van der Waals surface area contributed by atoms with Gasteiger partial charge in [-0.1, -0.05) is 20.8 Å². The smallest absolute Gasteiger partial charge is 0.229 e. The number of ether oxygens (including phenoxy) is 1. The van der Waals surface area contributed by atoms with Crippen LogP contribution in [0.25, 0.3) is 56.1 Å². The molecular formula is C34H34FN9O2. The van der Waals surface area contributed by atoms with E-state index in [-0.39, 0.29) is 5.91 Å². The molecule has 7 rings (SSSR count). The van der Waals surface area contributed by atoms with Crippen LogP contribution in [0.4, 0.5) is 10.1 Å². The molecule has 5 aromatic heterocycles. The number of H-pyrrole nitrogens is 2. The van der Waals surface area contributed by atoms with E-state index >= 15 is 0 Å². The number of nitrogens with one attached hydrogen (secondary N) is 3. The van der Waals surface area contributed by atoms with Crippen LogP contribution in [0.5, 0.6) is 5.75 Å². The van der Waals surface area contributed by atoms with Gasteiger partial charge in [0.05, 0.1) is 34.3 Å². The normalized spacial score (nSPS) is 13.9. The van der Waals surface area contributed by atoms with Gasteiger partial charge in [-0.25, -0.2) is 14.4 Å². The molecule has 12 heteroatoms. The van der Waals surface area contributed by atoms with Crippen LogP contribution < -0.4 is 10.1 Å². The second-order valence-electron chi connectivity index (χ2n) is 12.5. The van der Waals surface area contributed by atoms with Gasteiger partial charge in [-0.05, 0) is 62.3 Å². The number of nitrogens with zero attached hydrogens (tertiary/aromatic N) is 6. The summed E-state index contributed by atoms with van der Waals surface area (Å²) in [7, 11) is 0. The van der Waals surface area contributed by atoms with Gasteiger partial charge in [0, 0.05) is 41.5 Å². The Morgan fingerprint density at radius 2 is 1.80 bits per heavy atom. The van der Waals surface area contributed by atoms with Crippen LogP contribution in [0, 0.1) is 11.2 Å². The van der Waals surface area contributed by atoms with Gasteiger partial charge in [0.1, 0.15) is 29.2 Å². The molecule has 1 saturated heterocycles. The first-order valence-electron chi connectivity index (χ1n) is 15.3. The summed E-state index contributed by atoms with van der Waals surface area (Å²) >= 11 is 0. The SMILES string of the molecule is CC(C)(C)C(=O)Nc1cncc(-c2ccc3[nH]nc(-c4nc5c(-c6cc(F)cc(OCCN7CCCC7)c6)nccc5[nH]4)c3n2)c1. The number of benzene rings is 1. The maximum atomic E-state index is 14.8. The minimum Gasteiger partial charge on any atom is -0.492 e. The van der Waals surface area contributed by atoms with E-state index in [4.69, 9.17) is 14.7 Å². The second-order valence-corrected chi connectivity index (χ2v) is 12.5. The van der Waals surface area contributed by atoms with E-state index in [0.29, 0.717) is 57.5 Å². The first-order chi connectivity index (χ1) is 22.2. The van der Waals surface area contributed by atoms with E-state index in [1.54, 1.807) is 24.7 Å². The number of halogens is 1. The van der Waals surface area contributed by atoms with Crippen LogP contribution in [0.3, 0.4) is 0 Å². The summed E-state index contributed by atoms with van der Waals surface area (Å²) in [5.74, 6) is 0.429. The lowest BCUT2D eigenvalue weighted by Crippen LogP contribution is -2.27. The lowest BCUT2D eigenvalue weighted by molar-refractivity contribution is -0.123.